The predicted octanol–water partition coefficient (Wildman–Crippen LogP) is 12.3. The van der Waals surface area contributed by atoms with E-state index < -0.39 is 0 Å². The molecule has 6 fully saturated rings. The number of likely N-dealkylation sites (tertiary alicyclic amines) is 1. The molecule has 5 aliphatic carbocycles. The van der Waals surface area contributed by atoms with Gasteiger partial charge in [0.1, 0.15) is 36.5 Å². The molecule has 85 heavy (non-hydrogen) atoms. The van der Waals surface area contributed by atoms with E-state index in [0.29, 0.717) is 16.7 Å². The Balaban J connectivity index is 0.000000108. The molecule has 0 radical (unpaired) electrons. The number of hydrogen-bond donors (Lipinski definition) is 3. The van der Waals surface area contributed by atoms with Gasteiger partial charge in [0.2, 0.25) is 0 Å². The van der Waals surface area contributed by atoms with Crippen LogP contribution >= 0.6 is 0 Å². The van der Waals surface area contributed by atoms with Crippen molar-refractivity contribution < 1.29 is 0 Å². The number of likely N-dealkylation sites (N-methyl/N-ethyl adjacent to an activating group) is 1. The maximum Gasteiger partial charge on any atom is 0.155 e. The van der Waals surface area contributed by atoms with E-state index in [1.165, 1.54) is 70.6 Å². The molecule has 0 spiro atoms. The smallest absolute Gasteiger partial charge is 0.155 e. The average molecular weight is 1130 g/mol. The van der Waals surface area contributed by atoms with Crippen molar-refractivity contribution in [3.05, 3.63) is 163 Å². The Morgan fingerprint density at radius 2 is 0.812 bits per heavy atom. The molecule has 1 saturated heterocycles. The number of rotatable bonds is 9. The van der Waals surface area contributed by atoms with Crippen molar-refractivity contribution in [2.75, 3.05) is 20.1 Å². The Bertz CT molecular complexity index is 4430. The van der Waals surface area contributed by atoms with Gasteiger partial charge in [-0.1, -0.05) is 32.0 Å². The van der Waals surface area contributed by atoms with Crippen LogP contribution in [0.3, 0.4) is 0 Å². The Morgan fingerprint density at radius 3 is 1.21 bits per heavy atom. The van der Waals surface area contributed by atoms with Crippen LogP contribution in [0.5, 0.6) is 0 Å². The van der Waals surface area contributed by atoms with E-state index in [0.717, 1.165) is 133 Å². The maximum absolute atomic E-state index is 5.23. The van der Waals surface area contributed by atoms with E-state index in [1.54, 1.807) is 28.0 Å². The van der Waals surface area contributed by atoms with E-state index >= 15 is 0 Å². The molecule has 5 saturated carbocycles. The summed E-state index contributed by atoms with van der Waals surface area (Å²) in [7, 11) is 2.13. The number of nitrogens with one attached hydrogen (secondary N) is 3. The van der Waals surface area contributed by atoms with Gasteiger partial charge in [0.25, 0.3) is 0 Å². The maximum atomic E-state index is 5.23. The summed E-state index contributed by atoms with van der Waals surface area (Å²) in [4.78, 5) is 55.7. The zero-order valence-corrected chi connectivity index (χ0v) is 49.0. The Morgan fingerprint density at radius 1 is 0.424 bits per heavy atom. The van der Waals surface area contributed by atoms with Crippen molar-refractivity contribution in [2.24, 2.45) is 10.8 Å². The van der Waals surface area contributed by atoms with Crippen molar-refractivity contribution in [3.8, 4) is 67.9 Å². The second-order valence-corrected chi connectivity index (χ2v) is 25.7. The van der Waals surface area contributed by atoms with Gasteiger partial charge in [-0.15, -0.1) is 0 Å². The summed E-state index contributed by atoms with van der Waals surface area (Å²) in [6.07, 6.45) is 24.5. The summed E-state index contributed by atoms with van der Waals surface area (Å²) in [5.41, 5.74) is 18.5. The van der Waals surface area contributed by atoms with Gasteiger partial charge in [-0.25, -0.2) is 43.5 Å². The van der Waals surface area contributed by atoms with Crippen LogP contribution < -0.4 is 0 Å². The highest BCUT2D eigenvalue weighted by molar-refractivity contribution is 5.79. The first-order chi connectivity index (χ1) is 41.2. The van der Waals surface area contributed by atoms with Crippen LogP contribution in [0.1, 0.15) is 125 Å². The SMILES string of the molecule is Cc1cccc(-c2[nH]c(C34CCC(C)(CC3)C4)nc2-c2ccc3ncnn3c2)n1.Cc1cccc(-c2[nH]c(C34CCC(C)(CC3)CC4)nc2-c2ccc3ncnn3c2)n1.Cc1cccc(-c2[nH]c(C3CN(C)C3)nc2-c2ccc3ncnn3c2)n1. The lowest BCUT2D eigenvalue weighted by atomic mass is 9.54. The lowest BCUT2D eigenvalue weighted by Gasteiger charge is -2.51. The third kappa shape index (κ3) is 9.67. The molecule has 18 rings (SSSR count). The third-order valence-electron chi connectivity index (χ3n) is 19.5. The van der Waals surface area contributed by atoms with Crippen molar-refractivity contribution in [3.63, 3.8) is 0 Å². The summed E-state index contributed by atoms with van der Waals surface area (Å²) in [6, 6.07) is 30.5. The number of aromatic nitrogens is 18. The predicted molar refractivity (Wildman–Crippen MR) is 326 cm³/mol. The number of pyridine rings is 6. The summed E-state index contributed by atoms with van der Waals surface area (Å²) in [6.45, 7) is 13.0. The van der Waals surface area contributed by atoms with Gasteiger partial charge in [0.15, 0.2) is 16.9 Å². The fourth-order valence-corrected chi connectivity index (χ4v) is 14.4. The Hall–Kier alpha value is -9.10. The van der Waals surface area contributed by atoms with Gasteiger partial charge in [0, 0.05) is 82.2 Å². The Kier molecular flexibility index (Phi) is 12.6. The molecule has 0 atom stereocenters. The zero-order chi connectivity index (χ0) is 57.7. The zero-order valence-electron chi connectivity index (χ0n) is 49.0. The monoisotopic (exact) mass is 1130 g/mol. The number of nitrogens with zero attached hydrogens (tertiary/aromatic N) is 16. The van der Waals surface area contributed by atoms with E-state index in [1.807, 2.05) is 98.5 Å². The van der Waals surface area contributed by atoms with Crippen LogP contribution in [0, 0.1) is 31.6 Å². The highest BCUT2D eigenvalue weighted by Gasteiger charge is 2.54. The molecule has 4 bridgehead atoms. The summed E-state index contributed by atoms with van der Waals surface area (Å²) < 4.78 is 5.38. The molecule has 12 aromatic heterocycles. The molecule has 13 heterocycles. The van der Waals surface area contributed by atoms with Crippen LogP contribution in [-0.2, 0) is 10.8 Å². The van der Waals surface area contributed by atoms with Crippen LogP contribution in [0.15, 0.2) is 129 Å². The number of aromatic amines is 3. The van der Waals surface area contributed by atoms with Gasteiger partial charge in [-0.05, 0) is 182 Å². The minimum atomic E-state index is 0.173. The van der Waals surface area contributed by atoms with Gasteiger partial charge in [0.05, 0.1) is 51.2 Å². The Labute approximate surface area is 492 Å². The number of aryl methyl sites for hydroxylation is 3. The van der Waals surface area contributed by atoms with E-state index in [-0.39, 0.29) is 10.8 Å². The molecule has 428 valence electrons. The van der Waals surface area contributed by atoms with Crippen LogP contribution in [0.2, 0.25) is 0 Å². The standard InChI is InChI=1S/C24H26N6.C23H24N6.C19H19N7/c1-16-4-3-5-18(27-16)21-20(17-6-7-19-25-15-26-30(19)14-17)28-22(29-21)24-11-8-23(2,9-12-24)10-13-24;1-15-4-3-5-17(26-15)20-19(16-6-7-18-24-14-25-29(18)12-16)27-21(28-20)23-10-8-22(2,13-23)9-11-23;1-12-4-3-5-15(22-12)18-17(23-19(24-18)14-8-25(2)9-14)13-6-7-16-20-11-21-26(16)10-13/h3-7,14-15H,8-13H2,1-2H3,(H,28,29);3-7,12,14H,8-11,13H2,1-2H3,(H,27,28);3-7,10-11,14H,8-9H2,1-2H3,(H,23,24). The fraction of sp³-hybridized carbons (Fsp3) is 0.364. The minimum Gasteiger partial charge on any atom is -0.340 e. The first-order valence-corrected chi connectivity index (χ1v) is 30.0. The third-order valence-corrected chi connectivity index (χ3v) is 19.5. The molecule has 1 aliphatic heterocycles. The lowest BCUT2D eigenvalue weighted by Crippen LogP contribution is -2.43. The summed E-state index contributed by atoms with van der Waals surface area (Å²) in [5, 5.41) is 12.9. The molecule has 19 heteroatoms. The molecule has 0 aromatic carbocycles. The van der Waals surface area contributed by atoms with E-state index in [4.69, 9.17) is 29.9 Å². The molecule has 0 amide bonds. The van der Waals surface area contributed by atoms with Gasteiger partial charge >= 0.3 is 0 Å². The molecule has 19 nitrogen and oxygen atoms in total. The second kappa shape index (κ2) is 20.3. The number of hydrogen-bond acceptors (Lipinski definition) is 13. The number of H-pyrrole nitrogens is 3. The van der Waals surface area contributed by atoms with Crippen LogP contribution in [-0.4, -0.2) is 114 Å². The van der Waals surface area contributed by atoms with Crippen molar-refractivity contribution in [1.82, 2.24) is 93.5 Å². The van der Waals surface area contributed by atoms with E-state index in [9.17, 15) is 0 Å². The quantitative estimate of drug-likeness (QED) is 0.123. The van der Waals surface area contributed by atoms with Crippen molar-refractivity contribution >= 4 is 16.9 Å². The topological polar surface area (TPSA) is 219 Å². The largest absolute Gasteiger partial charge is 0.340 e. The molecule has 6 aliphatic rings. The van der Waals surface area contributed by atoms with Gasteiger partial charge < -0.3 is 19.9 Å². The molecule has 12 aromatic rings. The number of imidazole rings is 3. The highest BCUT2D eigenvalue weighted by Crippen LogP contribution is 2.62. The minimum absolute atomic E-state index is 0.173. The lowest BCUT2D eigenvalue weighted by molar-refractivity contribution is 0.0512. The van der Waals surface area contributed by atoms with Gasteiger partial charge in [-0.3, -0.25) is 15.0 Å². The van der Waals surface area contributed by atoms with E-state index in [2.05, 4.69) is 107 Å². The second-order valence-electron chi connectivity index (χ2n) is 25.7. The molecular weight excluding hydrogens is 1060 g/mol. The average Bonchev–Trinajstić information content (AvgIpc) is 1.77. The molecule has 0 unspecified atom stereocenters. The summed E-state index contributed by atoms with van der Waals surface area (Å²) >= 11 is 0. The summed E-state index contributed by atoms with van der Waals surface area (Å²) in [5.74, 6) is 3.73. The van der Waals surface area contributed by atoms with Crippen molar-refractivity contribution in [2.45, 2.75) is 122 Å². The van der Waals surface area contributed by atoms with Gasteiger partial charge in [-0.2, -0.15) is 15.3 Å². The molecular formula is C66H69N19. The van der Waals surface area contributed by atoms with Crippen LogP contribution in [0.25, 0.3) is 84.9 Å². The normalized spacial score (nSPS) is 22.7. The first-order valence-electron chi connectivity index (χ1n) is 30.0. The highest BCUT2D eigenvalue weighted by atomic mass is 15.3. The first kappa shape index (κ1) is 52.7. The van der Waals surface area contributed by atoms with Crippen LogP contribution in [0.4, 0.5) is 0 Å². The molecule has 3 N–H and O–H groups in total. The van der Waals surface area contributed by atoms with Crippen molar-refractivity contribution in [1.29, 1.82) is 0 Å². The number of fused-ring (bicyclic) bond motifs is 8. The fourth-order valence-electron chi connectivity index (χ4n) is 14.4.